The number of carbonyl (C=O) groups excluding carboxylic acids is 1. The fraction of sp³-hybridized carbons (Fsp3) is 0.444. The first-order valence-corrected chi connectivity index (χ1v) is 6.25. The topological polar surface area (TPSA) is 49.3 Å². The Morgan fingerprint density at radius 3 is 2.71 bits per heavy atom. The van der Waals surface area contributed by atoms with Crippen LogP contribution < -0.4 is 5.32 Å². The average Bonchev–Trinajstić information content (AvgIpc) is 2.63. The van der Waals surface area contributed by atoms with Gasteiger partial charge in [-0.15, -0.1) is 11.3 Å². The molecule has 1 aromatic rings. The molecule has 0 saturated carbocycles. The fourth-order valence-corrected chi connectivity index (χ4v) is 2.53. The summed E-state index contributed by atoms with van der Waals surface area (Å²) in [5, 5.41) is 13.1. The summed E-state index contributed by atoms with van der Waals surface area (Å²) >= 11 is 4.49. The predicted molar refractivity (Wildman–Crippen MR) is 60.7 cm³/mol. The maximum Gasteiger partial charge on any atom is 0.471 e. The molecule has 0 fully saturated rings. The molecule has 17 heavy (non-hydrogen) atoms. The van der Waals surface area contributed by atoms with Gasteiger partial charge in [0.2, 0.25) is 0 Å². The number of hydrogen-bond donors (Lipinski definition) is 2. The number of nitrogens with one attached hydrogen (secondary N) is 1. The minimum atomic E-state index is -4.88. The van der Waals surface area contributed by atoms with E-state index in [4.69, 9.17) is 0 Å². The van der Waals surface area contributed by atoms with Gasteiger partial charge in [-0.25, -0.2) is 0 Å². The van der Waals surface area contributed by atoms with Crippen LogP contribution in [0.3, 0.4) is 0 Å². The normalized spacial score (nSPS) is 13.5. The smallest absolute Gasteiger partial charge is 0.388 e. The van der Waals surface area contributed by atoms with E-state index in [1.54, 1.807) is 16.8 Å². The van der Waals surface area contributed by atoms with Crippen LogP contribution in [0.2, 0.25) is 0 Å². The van der Waals surface area contributed by atoms with Crippen LogP contribution in [0, 0.1) is 0 Å². The van der Waals surface area contributed by atoms with E-state index in [2.05, 4.69) is 15.9 Å². The third kappa shape index (κ3) is 4.64. The van der Waals surface area contributed by atoms with Crippen LogP contribution in [-0.2, 0) is 4.79 Å². The molecule has 1 rings (SSSR count). The summed E-state index contributed by atoms with van der Waals surface area (Å²) in [6.45, 7) is -0.227. The molecule has 8 heteroatoms. The Labute approximate surface area is 108 Å². The van der Waals surface area contributed by atoms with Crippen molar-refractivity contribution in [1.29, 1.82) is 0 Å². The number of hydrogen-bond acceptors (Lipinski definition) is 3. The van der Waals surface area contributed by atoms with Gasteiger partial charge in [0.1, 0.15) is 0 Å². The lowest BCUT2D eigenvalue weighted by Crippen LogP contribution is -2.37. The highest BCUT2D eigenvalue weighted by Gasteiger charge is 2.38. The van der Waals surface area contributed by atoms with Crippen molar-refractivity contribution in [2.75, 3.05) is 6.54 Å². The van der Waals surface area contributed by atoms with Gasteiger partial charge < -0.3 is 10.4 Å². The molecule has 0 aliphatic carbocycles. The van der Waals surface area contributed by atoms with Crippen LogP contribution in [0.25, 0.3) is 0 Å². The Morgan fingerprint density at radius 1 is 1.59 bits per heavy atom. The molecule has 2 N–H and O–H groups in total. The highest BCUT2D eigenvalue weighted by Crippen LogP contribution is 2.27. The Morgan fingerprint density at radius 2 is 2.24 bits per heavy atom. The molecule has 0 radical (unpaired) electrons. The number of aliphatic hydroxyl groups is 1. The summed E-state index contributed by atoms with van der Waals surface area (Å²) in [6, 6.07) is 1.68. The summed E-state index contributed by atoms with van der Waals surface area (Å²) < 4.78 is 36.3. The number of aliphatic hydroxyl groups excluding tert-OH is 1. The third-order valence-corrected chi connectivity index (χ3v) is 3.67. The molecule has 1 aromatic heterocycles. The number of amides is 1. The fourth-order valence-electron chi connectivity index (χ4n) is 1.07. The van der Waals surface area contributed by atoms with Gasteiger partial charge in [-0.1, -0.05) is 0 Å². The summed E-state index contributed by atoms with van der Waals surface area (Å²) in [6.07, 6.45) is -5.72. The van der Waals surface area contributed by atoms with Crippen molar-refractivity contribution in [3.63, 3.8) is 0 Å². The Kier molecular flexibility index (Phi) is 4.96. The van der Waals surface area contributed by atoms with E-state index in [1.165, 1.54) is 11.3 Å². The quantitative estimate of drug-likeness (QED) is 0.891. The molecule has 0 aliphatic rings. The molecule has 0 bridgehead atoms. The van der Waals surface area contributed by atoms with E-state index in [0.717, 1.165) is 4.47 Å². The Hall–Kier alpha value is -0.600. The molecule has 0 aromatic carbocycles. The van der Waals surface area contributed by atoms with Crippen LogP contribution in [0.4, 0.5) is 13.2 Å². The van der Waals surface area contributed by atoms with Crippen molar-refractivity contribution in [3.8, 4) is 0 Å². The maximum absolute atomic E-state index is 11.8. The summed E-state index contributed by atoms with van der Waals surface area (Å²) in [5.74, 6) is -1.99. The molecule has 0 saturated heterocycles. The number of thiophene rings is 1. The zero-order chi connectivity index (χ0) is 13.1. The average molecular weight is 332 g/mol. The number of carbonyl (C=O) groups is 1. The lowest BCUT2D eigenvalue weighted by molar-refractivity contribution is -0.173. The van der Waals surface area contributed by atoms with Crippen molar-refractivity contribution in [3.05, 3.63) is 20.8 Å². The molecule has 0 aliphatic heterocycles. The Balaban J connectivity index is 2.35. The van der Waals surface area contributed by atoms with E-state index in [-0.39, 0.29) is 13.0 Å². The van der Waals surface area contributed by atoms with Gasteiger partial charge in [0.05, 0.1) is 6.10 Å². The van der Waals surface area contributed by atoms with Crippen LogP contribution in [0.5, 0.6) is 0 Å². The predicted octanol–water partition coefficient (Wildman–Crippen LogP) is 2.61. The van der Waals surface area contributed by atoms with Gasteiger partial charge >= 0.3 is 12.1 Å². The summed E-state index contributed by atoms with van der Waals surface area (Å²) in [4.78, 5) is 11.1. The number of halogens is 4. The van der Waals surface area contributed by atoms with E-state index < -0.39 is 18.2 Å². The minimum absolute atomic E-state index is 0.0365. The molecule has 3 nitrogen and oxygen atoms in total. The third-order valence-electron chi connectivity index (χ3n) is 1.88. The highest BCUT2D eigenvalue weighted by molar-refractivity contribution is 9.10. The second-order valence-corrected chi connectivity index (χ2v) is 5.08. The van der Waals surface area contributed by atoms with Gasteiger partial charge in [0.15, 0.2) is 0 Å². The molecular weight excluding hydrogens is 323 g/mol. The molecule has 1 heterocycles. The first-order valence-electron chi connectivity index (χ1n) is 4.57. The maximum atomic E-state index is 11.8. The van der Waals surface area contributed by atoms with Crippen molar-refractivity contribution in [1.82, 2.24) is 5.32 Å². The first-order chi connectivity index (χ1) is 7.80. The second kappa shape index (κ2) is 5.83. The van der Waals surface area contributed by atoms with Crippen molar-refractivity contribution >= 4 is 33.2 Å². The molecular formula is C9H9BrF3NO2S. The highest BCUT2D eigenvalue weighted by atomic mass is 79.9. The lowest BCUT2D eigenvalue weighted by atomic mass is 10.2. The largest absolute Gasteiger partial charge is 0.471 e. The van der Waals surface area contributed by atoms with Crippen LogP contribution in [0.15, 0.2) is 15.9 Å². The SMILES string of the molecule is O=C(NCCC(O)c1cc(Br)cs1)C(F)(F)F. The molecule has 96 valence electrons. The van der Waals surface area contributed by atoms with Crippen molar-refractivity contribution < 1.29 is 23.1 Å². The number of alkyl halides is 3. The van der Waals surface area contributed by atoms with E-state index >= 15 is 0 Å². The summed E-state index contributed by atoms with van der Waals surface area (Å²) in [7, 11) is 0. The van der Waals surface area contributed by atoms with Crippen LogP contribution in [0.1, 0.15) is 17.4 Å². The molecule has 1 atom stereocenters. The minimum Gasteiger partial charge on any atom is -0.388 e. The zero-order valence-electron chi connectivity index (χ0n) is 8.42. The molecule has 1 unspecified atom stereocenters. The first kappa shape index (κ1) is 14.5. The second-order valence-electron chi connectivity index (χ2n) is 3.23. The van der Waals surface area contributed by atoms with Crippen LogP contribution >= 0.6 is 27.3 Å². The Bertz CT molecular complexity index is 394. The lowest BCUT2D eigenvalue weighted by Gasteiger charge is -2.10. The molecule has 0 spiro atoms. The van der Waals surface area contributed by atoms with E-state index in [1.807, 2.05) is 0 Å². The number of rotatable bonds is 4. The van der Waals surface area contributed by atoms with Crippen molar-refractivity contribution in [2.24, 2.45) is 0 Å². The molecule has 1 amide bonds. The van der Waals surface area contributed by atoms with Crippen LogP contribution in [-0.4, -0.2) is 23.7 Å². The zero-order valence-corrected chi connectivity index (χ0v) is 10.8. The van der Waals surface area contributed by atoms with Crippen molar-refractivity contribution in [2.45, 2.75) is 18.7 Å². The summed E-state index contributed by atoms with van der Waals surface area (Å²) in [5.41, 5.74) is 0. The van der Waals surface area contributed by atoms with Gasteiger partial charge in [0, 0.05) is 21.3 Å². The van der Waals surface area contributed by atoms with Gasteiger partial charge in [0.25, 0.3) is 0 Å². The van der Waals surface area contributed by atoms with Gasteiger partial charge in [-0.2, -0.15) is 13.2 Å². The van der Waals surface area contributed by atoms with E-state index in [9.17, 15) is 23.1 Å². The van der Waals surface area contributed by atoms with E-state index in [0.29, 0.717) is 4.88 Å². The standard InChI is InChI=1S/C9H9BrF3NO2S/c10-5-3-7(17-4-5)6(15)1-2-14-8(16)9(11,12)13/h3-4,6,15H,1-2H2,(H,14,16). The monoisotopic (exact) mass is 331 g/mol. The van der Waals surface area contributed by atoms with Gasteiger partial charge in [-0.05, 0) is 28.4 Å². The van der Waals surface area contributed by atoms with Gasteiger partial charge in [-0.3, -0.25) is 4.79 Å².